The molecule has 2 saturated heterocycles. The third-order valence-electron chi connectivity index (χ3n) is 3.74. The first-order valence-electron chi connectivity index (χ1n) is 6.29. The zero-order valence-electron chi connectivity index (χ0n) is 10.2. The molecule has 0 radical (unpaired) electrons. The van der Waals surface area contributed by atoms with Crippen LogP contribution in [-0.2, 0) is 28.5 Å². The summed E-state index contributed by atoms with van der Waals surface area (Å²) in [7, 11) is 0. The summed E-state index contributed by atoms with van der Waals surface area (Å²) in [5, 5.41) is 0. The molecule has 18 heavy (non-hydrogen) atoms. The van der Waals surface area contributed by atoms with Gasteiger partial charge in [0.2, 0.25) is 6.10 Å². The number of fused-ring (bicyclic) bond motifs is 1. The van der Waals surface area contributed by atoms with Gasteiger partial charge in [0.1, 0.15) is 0 Å². The molecule has 6 heteroatoms. The smallest absolute Gasteiger partial charge is 0.343 e. The van der Waals surface area contributed by atoms with Gasteiger partial charge < -0.3 is 18.9 Å². The standard InChI is InChI=1S/C12H16O6/c1-2-15-11(14)10-9(13)7-5-12(6-8(7)18-10)16-3-4-17-12/h7-8,10H,2-6H2,1H3/t7-,8+,10?/m0/s1. The highest BCUT2D eigenvalue weighted by Crippen LogP contribution is 2.46. The van der Waals surface area contributed by atoms with Crippen LogP contribution in [0.25, 0.3) is 0 Å². The lowest BCUT2D eigenvalue weighted by Crippen LogP contribution is -2.35. The Labute approximate surface area is 105 Å². The van der Waals surface area contributed by atoms with E-state index in [1.165, 1.54) is 0 Å². The van der Waals surface area contributed by atoms with Crippen LogP contribution < -0.4 is 0 Å². The minimum absolute atomic E-state index is 0.200. The highest BCUT2D eigenvalue weighted by atomic mass is 16.7. The zero-order chi connectivity index (χ0) is 12.8. The van der Waals surface area contributed by atoms with E-state index in [9.17, 15) is 9.59 Å². The largest absolute Gasteiger partial charge is 0.464 e. The highest BCUT2D eigenvalue weighted by molar-refractivity contribution is 6.05. The van der Waals surface area contributed by atoms with Gasteiger partial charge in [0.15, 0.2) is 11.6 Å². The van der Waals surface area contributed by atoms with E-state index < -0.39 is 17.9 Å². The molecule has 0 bridgehead atoms. The lowest BCUT2D eigenvalue weighted by molar-refractivity contribution is -0.173. The van der Waals surface area contributed by atoms with Crippen molar-refractivity contribution in [2.75, 3.05) is 19.8 Å². The van der Waals surface area contributed by atoms with Crippen molar-refractivity contribution >= 4 is 11.8 Å². The lowest BCUT2D eigenvalue weighted by Gasteiger charge is -2.22. The van der Waals surface area contributed by atoms with Gasteiger partial charge in [-0.15, -0.1) is 0 Å². The van der Waals surface area contributed by atoms with Crippen LogP contribution in [0.2, 0.25) is 0 Å². The predicted octanol–water partition coefficient (Wildman–Crippen LogP) is 0.0391. The molecule has 0 aromatic rings. The normalized spacial score (nSPS) is 37.2. The molecule has 100 valence electrons. The first-order chi connectivity index (χ1) is 8.65. The first kappa shape index (κ1) is 12.1. The summed E-state index contributed by atoms with van der Waals surface area (Å²) in [6, 6.07) is 0. The average Bonchev–Trinajstić information content (AvgIpc) is 3.00. The number of rotatable bonds is 2. The summed E-state index contributed by atoms with van der Waals surface area (Å²) in [5.41, 5.74) is 0. The number of hydrogen-bond acceptors (Lipinski definition) is 6. The topological polar surface area (TPSA) is 71.1 Å². The lowest BCUT2D eigenvalue weighted by atomic mass is 10.00. The summed E-state index contributed by atoms with van der Waals surface area (Å²) in [6.45, 7) is 3.05. The van der Waals surface area contributed by atoms with Gasteiger partial charge in [0, 0.05) is 12.8 Å². The maximum absolute atomic E-state index is 12.1. The van der Waals surface area contributed by atoms with Crippen LogP contribution in [0.1, 0.15) is 19.8 Å². The van der Waals surface area contributed by atoms with Gasteiger partial charge >= 0.3 is 5.97 Å². The molecule has 0 amide bonds. The predicted molar refractivity (Wildman–Crippen MR) is 57.7 cm³/mol. The maximum Gasteiger partial charge on any atom is 0.343 e. The van der Waals surface area contributed by atoms with Crippen molar-refractivity contribution in [1.29, 1.82) is 0 Å². The summed E-state index contributed by atoms with van der Waals surface area (Å²) in [6.07, 6.45) is -0.352. The second-order valence-electron chi connectivity index (χ2n) is 4.83. The van der Waals surface area contributed by atoms with Crippen molar-refractivity contribution in [3.8, 4) is 0 Å². The number of hydrogen-bond donors (Lipinski definition) is 0. The van der Waals surface area contributed by atoms with Crippen molar-refractivity contribution in [2.45, 2.75) is 37.8 Å². The van der Waals surface area contributed by atoms with Gasteiger partial charge in [-0.05, 0) is 6.92 Å². The van der Waals surface area contributed by atoms with Crippen molar-refractivity contribution in [2.24, 2.45) is 5.92 Å². The SMILES string of the molecule is CCOC(=O)C1O[C@@H]2CC3(C[C@@H]2C1=O)OCCO3. The van der Waals surface area contributed by atoms with Gasteiger partial charge in [-0.1, -0.05) is 0 Å². The van der Waals surface area contributed by atoms with Crippen LogP contribution in [0.4, 0.5) is 0 Å². The van der Waals surface area contributed by atoms with Crippen molar-refractivity contribution in [1.82, 2.24) is 0 Å². The number of ketones is 1. The minimum Gasteiger partial charge on any atom is -0.464 e. The Morgan fingerprint density at radius 3 is 2.72 bits per heavy atom. The minimum atomic E-state index is -1.06. The molecule has 2 aliphatic heterocycles. The quantitative estimate of drug-likeness (QED) is 0.513. The fraction of sp³-hybridized carbons (Fsp3) is 0.833. The van der Waals surface area contributed by atoms with E-state index in [-0.39, 0.29) is 24.4 Å². The molecule has 3 aliphatic rings. The average molecular weight is 256 g/mol. The molecule has 1 aliphatic carbocycles. The number of carbonyl (C=O) groups is 2. The van der Waals surface area contributed by atoms with Crippen LogP contribution >= 0.6 is 0 Å². The Balaban J connectivity index is 1.69. The Morgan fingerprint density at radius 1 is 1.39 bits per heavy atom. The van der Waals surface area contributed by atoms with Gasteiger partial charge in [-0.3, -0.25) is 4.79 Å². The highest BCUT2D eigenvalue weighted by Gasteiger charge is 2.59. The molecule has 6 nitrogen and oxygen atoms in total. The van der Waals surface area contributed by atoms with Crippen molar-refractivity contribution in [3.05, 3.63) is 0 Å². The van der Waals surface area contributed by atoms with Gasteiger partial charge in [-0.2, -0.15) is 0 Å². The summed E-state index contributed by atoms with van der Waals surface area (Å²) >= 11 is 0. The molecule has 1 spiro atoms. The van der Waals surface area contributed by atoms with Crippen LogP contribution in [0, 0.1) is 5.92 Å². The van der Waals surface area contributed by atoms with Crippen LogP contribution in [0.3, 0.4) is 0 Å². The Bertz CT molecular complexity index is 373. The van der Waals surface area contributed by atoms with Gasteiger partial charge in [0.05, 0.1) is 31.8 Å². The molecule has 1 unspecified atom stereocenters. The molecule has 0 aromatic heterocycles. The van der Waals surface area contributed by atoms with E-state index in [0.29, 0.717) is 26.1 Å². The van der Waals surface area contributed by atoms with Crippen LogP contribution in [0.5, 0.6) is 0 Å². The molecule has 3 fully saturated rings. The molecular formula is C12H16O6. The first-order valence-corrected chi connectivity index (χ1v) is 6.29. The summed E-state index contributed by atoms with van der Waals surface area (Å²) in [4.78, 5) is 23.7. The van der Waals surface area contributed by atoms with E-state index in [2.05, 4.69) is 0 Å². The Kier molecular flexibility index (Phi) is 2.88. The van der Waals surface area contributed by atoms with Crippen molar-refractivity contribution < 1.29 is 28.5 Å². The van der Waals surface area contributed by atoms with E-state index in [4.69, 9.17) is 18.9 Å². The molecule has 3 atom stereocenters. The molecule has 1 saturated carbocycles. The van der Waals surface area contributed by atoms with Crippen molar-refractivity contribution in [3.63, 3.8) is 0 Å². The molecule has 0 N–H and O–H groups in total. The molecular weight excluding hydrogens is 240 g/mol. The molecule has 2 heterocycles. The third-order valence-corrected chi connectivity index (χ3v) is 3.74. The van der Waals surface area contributed by atoms with E-state index in [1.54, 1.807) is 6.92 Å². The Hall–Kier alpha value is -0.980. The van der Waals surface area contributed by atoms with E-state index in [1.807, 2.05) is 0 Å². The monoisotopic (exact) mass is 256 g/mol. The maximum atomic E-state index is 12.1. The van der Waals surface area contributed by atoms with Gasteiger partial charge in [0.25, 0.3) is 0 Å². The fourth-order valence-electron chi connectivity index (χ4n) is 2.98. The molecule has 3 rings (SSSR count). The zero-order valence-corrected chi connectivity index (χ0v) is 10.2. The molecule has 0 aromatic carbocycles. The number of Topliss-reactive ketones (excluding diaryl/α,β-unsaturated/α-hetero) is 1. The number of carbonyl (C=O) groups excluding carboxylic acids is 2. The fourth-order valence-corrected chi connectivity index (χ4v) is 2.98. The second kappa shape index (κ2) is 4.29. The number of ether oxygens (including phenoxy) is 4. The number of esters is 1. The summed E-state index contributed by atoms with van der Waals surface area (Å²) < 4.78 is 21.5. The Morgan fingerprint density at radius 2 is 2.11 bits per heavy atom. The van der Waals surface area contributed by atoms with Crippen LogP contribution in [0.15, 0.2) is 0 Å². The van der Waals surface area contributed by atoms with E-state index in [0.717, 1.165) is 0 Å². The summed E-state index contributed by atoms with van der Waals surface area (Å²) in [5.74, 6) is -1.75. The second-order valence-corrected chi connectivity index (χ2v) is 4.83. The third kappa shape index (κ3) is 1.75. The van der Waals surface area contributed by atoms with E-state index >= 15 is 0 Å². The van der Waals surface area contributed by atoms with Gasteiger partial charge in [-0.25, -0.2) is 4.79 Å². The van der Waals surface area contributed by atoms with Crippen LogP contribution in [-0.4, -0.2) is 49.6 Å².